The van der Waals surface area contributed by atoms with Crippen LogP contribution < -0.4 is 11.1 Å². The Balaban J connectivity index is 5.86. The molecule has 0 saturated heterocycles. The molecule has 0 heterocycles. The summed E-state index contributed by atoms with van der Waals surface area (Å²) in [7, 11) is 0. The summed E-state index contributed by atoms with van der Waals surface area (Å²) in [5.74, 6) is -33.0. The first-order chi connectivity index (χ1) is 13.7. The van der Waals surface area contributed by atoms with E-state index in [0.717, 1.165) is 0 Å². The van der Waals surface area contributed by atoms with E-state index in [2.05, 4.69) is 0 Å². The van der Waals surface area contributed by atoms with E-state index < -0.39 is 83.4 Å². The lowest BCUT2D eigenvalue weighted by Gasteiger charge is -2.38. The van der Waals surface area contributed by atoms with Crippen molar-refractivity contribution < 1.29 is 68.1 Å². The molecule has 0 aromatic carbocycles. The van der Waals surface area contributed by atoms with Crippen LogP contribution in [0.4, 0.5) is 48.3 Å². The van der Waals surface area contributed by atoms with Crippen LogP contribution in [-0.4, -0.2) is 76.9 Å². The number of allylic oxidation sites excluding steroid dienone is 1. The van der Waals surface area contributed by atoms with Crippen molar-refractivity contribution in [1.29, 1.82) is 0 Å². The molecule has 182 valence electrons. The molecule has 1 amide bonds. The largest absolute Gasteiger partial charge is 0.480 e. The summed E-state index contributed by atoms with van der Waals surface area (Å²) in [5.41, 5.74) is 5.15. The number of carboxylic acids is 1. The van der Waals surface area contributed by atoms with Gasteiger partial charge in [0, 0.05) is 5.75 Å². The molecule has 0 aliphatic heterocycles. The highest BCUT2D eigenvalue weighted by atomic mass is 32.2. The van der Waals surface area contributed by atoms with Crippen LogP contribution >= 0.6 is 11.8 Å². The molecule has 0 rings (SSSR count). The van der Waals surface area contributed by atoms with Crippen LogP contribution in [0.25, 0.3) is 0 Å². The minimum Gasteiger partial charge on any atom is -0.480 e. The quantitative estimate of drug-likeness (QED) is 0.323. The number of hydrogen-bond donors (Lipinski definition) is 4. The summed E-state index contributed by atoms with van der Waals surface area (Å²) < 4.78 is 144. The Morgan fingerprint density at radius 3 is 1.81 bits per heavy atom. The first kappa shape index (κ1) is 29.2. The maximum atomic E-state index is 14.0. The Hall–Kier alpha value is -1.82. The molecule has 0 saturated carbocycles. The first-order valence-electron chi connectivity index (χ1n) is 7.45. The fourth-order valence-electron chi connectivity index (χ4n) is 1.64. The van der Waals surface area contributed by atoms with Crippen LogP contribution in [0.2, 0.25) is 0 Å². The van der Waals surface area contributed by atoms with Crippen molar-refractivity contribution in [3.63, 3.8) is 0 Å². The number of aliphatic hydroxyl groups excluding tert-OH is 1. The lowest BCUT2D eigenvalue weighted by molar-refractivity contribution is -0.417. The van der Waals surface area contributed by atoms with Crippen LogP contribution in [0.3, 0.4) is 0 Å². The van der Waals surface area contributed by atoms with Gasteiger partial charge in [-0.25, -0.2) is 0 Å². The maximum absolute atomic E-state index is 14.0. The molecule has 31 heavy (non-hydrogen) atoms. The van der Waals surface area contributed by atoms with Gasteiger partial charge in [-0.3, -0.25) is 9.59 Å². The van der Waals surface area contributed by atoms with Crippen molar-refractivity contribution in [2.75, 3.05) is 18.9 Å². The molecule has 0 fully saturated rings. The van der Waals surface area contributed by atoms with E-state index in [1.165, 1.54) is 0 Å². The zero-order valence-electron chi connectivity index (χ0n) is 14.6. The lowest BCUT2D eigenvalue weighted by Crippen LogP contribution is -2.66. The van der Waals surface area contributed by atoms with Crippen molar-refractivity contribution in [3.05, 3.63) is 11.0 Å². The molecule has 0 spiro atoms. The summed E-state index contributed by atoms with van der Waals surface area (Å²) in [5, 5.41) is 18.6. The third-order valence-corrected chi connectivity index (χ3v) is 4.55. The number of nitrogens with two attached hydrogens (primary N) is 1. The summed E-state index contributed by atoms with van der Waals surface area (Å²) in [6.07, 6.45) is -7.61. The fourth-order valence-corrected chi connectivity index (χ4v) is 2.65. The van der Waals surface area contributed by atoms with Gasteiger partial charge < -0.3 is 21.3 Å². The molecule has 0 aromatic heterocycles. The van der Waals surface area contributed by atoms with Crippen molar-refractivity contribution in [3.8, 4) is 0 Å². The molecule has 1 atom stereocenters. The zero-order chi connectivity index (χ0) is 25.1. The topological polar surface area (TPSA) is 113 Å². The van der Waals surface area contributed by atoms with Gasteiger partial charge in [-0.2, -0.15) is 48.3 Å². The van der Waals surface area contributed by atoms with Gasteiger partial charge in [-0.15, -0.1) is 11.8 Å². The molecule has 6 nitrogen and oxygen atoms in total. The number of aliphatic carboxylic acids is 1. The molecule has 0 aromatic rings. The minimum absolute atomic E-state index is 0.289. The minimum atomic E-state index is -7.64. The van der Waals surface area contributed by atoms with Crippen molar-refractivity contribution in [2.45, 2.75) is 35.9 Å². The molecule has 0 bridgehead atoms. The number of hydrogen-bond acceptors (Lipinski definition) is 5. The second-order valence-corrected chi connectivity index (χ2v) is 6.64. The monoisotopic (exact) mass is 502 g/mol. The van der Waals surface area contributed by atoms with Gasteiger partial charge in [-0.1, -0.05) is 0 Å². The molecule has 0 radical (unpaired) electrons. The highest BCUT2D eigenvalue weighted by Crippen LogP contribution is 2.59. The maximum Gasteiger partial charge on any atom is 0.460 e. The van der Waals surface area contributed by atoms with E-state index in [0.29, 0.717) is 0 Å². The number of carbonyl (C=O) groups excluding carboxylic acids is 1. The van der Waals surface area contributed by atoms with Crippen LogP contribution in [0.5, 0.6) is 0 Å². The van der Waals surface area contributed by atoms with E-state index in [4.69, 9.17) is 15.9 Å². The molecule has 0 aliphatic rings. The van der Waals surface area contributed by atoms with Gasteiger partial charge in [0.15, 0.2) is 0 Å². The standard InChI is InChI=1S/C13H13F11N2O4S/c14-9(15,10(16,17)11(18,19)12(20,21)13(22,23)24)6(1-2-27)31-4-5(25)8(30)26-3-7(28)29/h1,5,27H,2-4,25H2,(H,26,30)(H,28,29)/b6-1-. The molecule has 18 heteroatoms. The number of carboxylic acid groups (broad SMARTS) is 1. The Labute approximate surface area is 169 Å². The number of halogens is 11. The van der Waals surface area contributed by atoms with Gasteiger partial charge >= 0.3 is 35.8 Å². The average Bonchev–Trinajstić information content (AvgIpc) is 2.60. The highest BCUT2D eigenvalue weighted by molar-refractivity contribution is 8.03. The normalized spacial score (nSPS) is 15.6. The number of rotatable bonds is 11. The third kappa shape index (κ3) is 5.91. The van der Waals surface area contributed by atoms with E-state index in [-0.39, 0.29) is 6.08 Å². The van der Waals surface area contributed by atoms with Gasteiger partial charge in [0.2, 0.25) is 5.91 Å². The second kappa shape index (κ2) is 9.76. The number of amides is 1. The zero-order valence-corrected chi connectivity index (χ0v) is 15.4. The Morgan fingerprint density at radius 2 is 1.42 bits per heavy atom. The van der Waals surface area contributed by atoms with Crippen LogP contribution in [0.1, 0.15) is 0 Å². The smallest absolute Gasteiger partial charge is 0.460 e. The van der Waals surface area contributed by atoms with E-state index >= 15 is 0 Å². The molecule has 1 unspecified atom stereocenters. The number of carbonyl (C=O) groups is 2. The number of alkyl halides is 11. The van der Waals surface area contributed by atoms with Crippen LogP contribution in [0, 0.1) is 0 Å². The fraction of sp³-hybridized carbons (Fsp3) is 0.692. The number of thioether (sulfide) groups is 1. The van der Waals surface area contributed by atoms with Crippen LogP contribution in [-0.2, 0) is 9.59 Å². The summed E-state index contributed by atoms with van der Waals surface area (Å²) in [4.78, 5) is 19.4. The predicted molar refractivity (Wildman–Crippen MR) is 82.1 cm³/mol. The number of aliphatic hydroxyl groups is 1. The molecule has 0 aliphatic carbocycles. The van der Waals surface area contributed by atoms with E-state index in [9.17, 15) is 57.9 Å². The lowest BCUT2D eigenvalue weighted by atomic mass is 9.97. The van der Waals surface area contributed by atoms with Crippen LogP contribution in [0.15, 0.2) is 11.0 Å². The average molecular weight is 502 g/mol. The van der Waals surface area contributed by atoms with Crippen molar-refractivity contribution in [1.82, 2.24) is 5.32 Å². The molecular formula is C13H13F11N2O4S. The molecular weight excluding hydrogens is 489 g/mol. The third-order valence-electron chi connectivity index (χ3n) is 3.29. The Bertz CT molecular complexity index is 697. The van der Waals surface area contributed by atoms with E-state index in [1.807, 2.05) is 0 Å². The van der Waals surface area contributed by atoms with Gasteiger partial charge in [-0.05, 0) is 6.08 Å². The summed E-state index contributed by atoms with van der Waals surface area (Å²) in [6.45, 7) is -2.58. The predicted octanol–water partition coefficient (Wildman–Crippen LogP) is 2.23. The van der Waals surface area contributed by atoms with Crippen molar-refractivity contribution in [2.24, 2.45) is 5.73 Å². The second-order valence-electron chi connectivity index (χ2n) is 5.58. The van der Waals surface area contributed by atoms with Gasteiger partial charge in [0.25, 0.3) is 0 Å². The highest BCUT2D eigenvalue weighted by Gasteiger charge is 2.87. The summed E-state index contributed by atoms with van der Waals surface area (Å²) in [6, 6.07) is -1.94. The molecule has 5 N–H and O–H groups in total. The first-order valence-corrected chi connectivity index (χ1v) is 8.44. The number of nitrogens with one attached hydrogen (secondary N) is 1. The van der Waals surface area contributed by atoms with Crippen molar-refractivity contribution >= 4 is 23.6 Å². The van der Waals surface area contributed by atoms with Gasteiger partial charge in [0.05, 0.1) is 17.6 Å². The SMILES string of the molecule is NC(CS/C(=C\CO)C(F)(F)C(F)(F)C(F)(F)C(F)(F)C(F)(F)F)C(=O)NCC(=O)O. The van der Waals surface area contributed by atoms with E-state index in [1.54, 1.807) is 5.32 Å². The Kier molecular flexibility index (Phi) is 9.19. The Morgan fingerprint density at radius 1 is 0.935 bits per heavy atom. The van der Waals surface area contributed by atoms with Gasteiger partial charge in [0.1, 0.15) is 6.54 Å². The summed E-state index contributed by atoms with van der Waals surface area (Å²) >= 11 is -0.637.